The summed E-state index contributed by atoms with van der Waals surface area (Å²) in [5, 5.41) is 12.1. The minimum Gasteiger partial charge on any atom is -0.493 e. The minimum atomic E-state index is -0.446. The number of halogens is 2. The highest BCUT2D eigenvalue weighted by Gasteiger charge is 2.22. The lowest BCUT2D eigenvalue weighted by Gasteiger charge is -2.27. The summed E-state index contributed by atoms with van der Waals surface area (Å²) in [6, 6.07) is 12.9. The Labute approximate surface area is 130 Å². The Kier molecular flexibility index (Phi) is 3.80. The summed E-state index contributed by atoms with van der Waals surface area (Å²) >= 11 is 3.13. The molecule has 0 fully saturated rings. The third-order valence-electron chi connectivity index (χ3n) is 3.49. The molecule has 3 rings (SSSR count). The van der Waals surface area contributed by atoms with Gasteiger partial charge >= 0.3 is 0 Å². The first-order valence-corrected chi connectivity index (χ1v) is 7.36. The van der Waals surface area contributed by atoms with Crippen LogP contribution in [0, 0.1) is 17.1 Å². The van der Waals surface area contributed by atoms with E-state index in [9.17, 15) is 4.39 Å². The number of hydrogen-bond donors (Lipinski definition) is 1. The zero-order valence-corrected chi connectivity index (χ0v) is 12.7. The molecule has 21 heavy (non-hydrogen) atoms. The molecule has 3 nitrogen and oxygen atoms in total. The molecule has 0 radical (unpaired) electrons. The van der Waals surface area contributed by atoms with E-state index in [-0.39, 0.29) is 16.1 Å². The quantitative estimate of drug-likeness (QED) is 0.876. The van der Waals surface area contributed by atoms with Crippen molar-refractivity contribution < 1.29 is 9.13 Å². The van der Waals surface area contributed by atoms with Crippen LogP contribution in [0.5, 0.6) is 5.75 Å². The average Bonchev–Trinajstić information content (AvgIpc) is 2.52. The highest BCUT2D eigenvalue weighted by atomic mass is 79.9. The Morgan fingerprint density at radius 2 is 2.10 bits per heavy atom. The van der Waals surface area contributed by atoms with Gasteiger partial charge in [0.2, 0.25) is 0 Å². The highest BCUT2D eigenvalue weighted by Crippen LogP contribution is 2.36. The van der Waals surface area contributed by atoms with Crippen LogP contribution < -0.4 is 10.1 Å². The van der Waals surface area contributed by atoms with Gasteiger partial charge in [-0.15, -0.1) is 0 Å². The van der Waals surface area contributed by atoms with Gasteiger partial charge < -0.3 is 10.1 Å². The largest absolute Gasteiger partial charge is 0.493 e. The van der Waals surface area contributed by atoms with Crippen molar-refractivity contribution >= 4 is 21.6 Å². The predicted molar refractivity (Wildman–Crippen MR) is 81.7 cm³/mol. The molecule has 0 saturated carbocycles. The maximum absolute atomic E-state index is 14.3. The van der Waals surface area contributed by atoms with Gasteiger partial charge in [-0.05, 0) is 34.1 Å². The third-order valence-corrected chi connectivity index (χ3v) is 4.27. The van der Waals surface area contributed by atoms with Crippen LogP contribution in [0.3, 0.4) is 0 Å². The minimum absolute atomic E-state index is 0.00992. The van der Waals surface area contributed by atoms with E-state index >= 15 is 0 Å². The van der Waals surface area contributed by atoms with Gasteiger partial charge in [-0.3, -0.25) is 0 Å². The van der Waals surface area contributed by atoms with Gasteiger partial charge in [0.25, 0.3) is 0 Å². The number of hydrogen-bond acceptors (Lipinski definition) is 3. The Bertz CT molecular complexity index is 727. The Balaban J connectivity index is 1.92. The molecule has 0 aromatic heterocycles. The van der Waals surface area contributed by atoms with Gasteiger partial charge in [0.15, 0.2) is 5.82 Å². The van der Waals surface area contributed by atoms with Crippen LogP contribution in [0.25, 0.3) is 0 Å². The van der Waals surface area contributed by atoms with Gasteiger partial charge in [0.1, 0.15) is 11.8 Å². The standard InChI is InChI=1S/C16H12BrFN2O/c17-15-10(9-19)5-6-13(16(15)18)20-12-7-8-21-14-4-2-1-3-11(12)14/h1-6,12,20H,7-8H2. The number of nitrogens with zero attached hydrogens (tertiary/aromatic N) is 1. The molecule has 0 spiro atoms. The number of para-hydroxylation sites is 1. The second-order valence-corrected chi connectivity index (χ2v) is 5.57. The van der Waals surface area contributed by atoms with Crippen LogP contribution in [0.2, 0.25) is 0 Å². The summed E-state index contributed by atoms with van der Waals surface area (Å²) in [7, 11) is 0. The molecule has 0 bridgehead atoms. The molecule has 1 aliphatic heterocycles. The number of nitriles is 1. The van der Waals surface area contributed by atoms with Crippen molar-refractivity contribution in [1.82, 2.24) is 0 Å². The van der Waals surface area contributed by atoms with E-state index in [1.807, 2.05) is 30.3 Å². The Morgan fingerprint density at radius 1 is 1.29 bits per heavy atom. The number of ether oxygens (including phenoxy) is 1. The van der Waals surface area contributed by atoms with Crippen molar-refractivity contribution in [2.75, 3.05) is 11.9 Å². The predicted octanol–water partition coefficient (Wildman–Crippen LogP) is 4.40. The normalized spacial score (nSPS) is 16.5. The maximum Gasteiger partial charge on any atom is 0.161 e. The van der Waals surface area contributed by atoms with E-state index in [2.05, 4.69) is 21.2 Å². The fourth-order valence-electron chi connectivity index (χ4n) is 2.43. The molecule has 1 unspecified atom stereocenters. The summed E-state index contributed by atoms with van der Waals surface area (Å²) in [6.45, 7) is 0.591. The van der Waals surface area contributed by atoms with E-state index in [1.54, 1.807) is 12.1 Å². The molecule has 5 heteroatoms. The van der Waals surface area contributed by atoms with Crippen molar-refractivity contribution in [1.29, 1.82) is 5.26 Å². The van der Waals surface area contributed by atoms with Gasteiger partial charge in [0, 0.05) is 12.0 Å². The van der Waals surface area contributed by atoms with E-state index in [0.717, 1.165) is 17.7 Å². The van der Waals surface area contributed by atoms with Gasteiger partial charge in [-0.2, -0.15) is 5.26 Å². The van der Waals surface area contributed by atoms with Crippen molar-refractivity contribution in [2.24, 2.45) is 0 Å². The molecule has 1 N–H and O–H groups in total. The summed E-state index contributed by atoms with van der Waals surface area (Å²) < 4.78 is 20.1. The van der Waals surface area contributed by atoms with E-state index in [1.165, 1.54) is 0 Å². The number of anilines is 1. The highest BCUT2D eigenvalue weighted by molar-refractivity contribution is 9.10. The fraction of sp³-hybridized carbons (Fsp3) is 0.188. The van der Waals surface area contributed by atoms with E-state index in [0.29, 0.717) is 12.3 Å². The lowest BCUT2D eigenvalue weighted by Crippen LogP contribution is -2.20. The van der Waals surface area contributed by atoms with Crippen LogP contribution in [0.15, 0.2) is 40.9 Å². The van der Waals surface area contributed by atoms with Crippen LogP contribution in [0.4, 0.5) is 10.1 Å². The Hall–Kier alpha value is -2.06. The van der Waals surface area contributed by atoms with Crippen molar-refractivity contribution in [2.45, 2.75) is 12.5 Å². The molecular weight excluding hydrogens is 335 g/mol. The number of rotatable bonds is 2. The smallest absolute Gasteiger partial charge is 0.161 e. The SMILES string of the molecule is N#Cc1ccc(NC2CCOc3ccccc32)c(F)c1Br. The summed E-state index contributed by atoms with van der Waals surface area (Å²) in [4.78, 5) is 0. The second-order valence-electron chi connectivity index (χ2n) is 4.77. The van der Waals surface area contributed by atoms with Crippen molar-refractivity contribution in [3.8, 4) is 11.8 Å². The second kappa shape index (κ2) is 5.74. The molecule has 1 atom stereocenters. The van der Waals surface area contributed by atoms with Crippen molar-refractivity contribution in [3.05, 3.63) is 57.8 Å². The lowest BCUT2D eigenvalue weighted by molar-refractivity contribution is 0.274. The monoisotopic (exact) mass is 346 g/mol. The maximum atomic E-state index is 14.3. The first-order chi connectivity index (χ1) is 10.2. The van der Waals surface area contributed by atoms with Gasteiger partial charge in [0.05, 0.1) is 28.4 Å². The topological polar surface area (TPSA) is 45.0 Å². The molecule has 2 aromatic carbocycles. The average molecular weight is 347 g/mol. The zero-order valence-electron chi connectivity index (χ0n) is 11.1. The lowest BCUT2D eigenvalue weighted by atomic mass is 10.00. The molecule has 0 aliphatic carbocycles. The molecule has 1 heterocycles. The van der Waals surface area contributed by atoms with Crippen LogP contribution in [-0.4, -0.2) is 6.61 Å². The molecule has 1 aliphatic rings. The fourth-order valence-corrected chi connectivity index (χ4v) is 2.86. The van der Waals surface area contributed by atoms with Crippen LogP contribution in [0.1, 0.15) is 23.6 Å². The summed E-state index contributed by atoms with van der Waals surface area (Å²) in [6.07, 6.45) is 0.758. The van der Waals surface area contributed by atoms with Crippen LogP contribution in [-0.2, 0) is 0 Å². The van der Waals surface area contributed by atoms with E-state index in [4.69, 9.17) is 10.00 Å². The number of benzene rings is 2. The molecule has 0 saturated heterocycles. The number of nitrogens with one attached hydrogen (secondary N) is 1. The molecule has 2 aromatic rings. The van der Waals surface area contributed by atoms with Gasteiger partial charge in [-0.1, -0.05) is 18.2 Å². The van der Waals surface area contributed by atoms with Gasteiger partial charge in [-0.25, -0.2) is 4.39 Å². The van der Waals surface area contributed by atoms with Crippen molar-refractivity contribution in [3.63, 3.8) is 0 Å². The summed E-state index contributed by atoms with van der Waals surface area (Å²) in [5.74, 6) is 0.382. The van der Waals surface area contributed by atoms with Crippen LogP contribution >= 0.6 is 15.9 Å². The van der Waals surface area contributed by atoms with E-state index < -0.39 is 5.82 Å². The summed E-state index contributed by atoms with van der Waals surface area (Å²) in [5.41, 5.74) is 1.68. The number of fused-ring (bicyclic) bond motifs is 1. The first kappa shape index (κ1) is 13.9. The zero-order chi connectivity index (χ0) is 14.8. The molecular formula is C16H12BrFN2O. The third kappa shape index (κ3) is 2.59. The molecule has 0 amide bonds. The Morgan fingerprint density at radius 3 is 2.90 bits per heavy atom. The molecule has 106 valence electrons. The first-order valence-electron chi connectivity index (χ1n) is 6.57.